The fourth-order valence-electron chi connectivity index (χ4n) is 2.23. The Morgan fingerprint density at radius 1 is 1.19 bits per heavy atom. The van der Waals surface area contributed by atoms with Gasteiger partial charge in [-0.2, -0.15) is 5.10 Å². The molecule has 0 unspecified atom stereocenters. The summed E-state index contributed by atoms with van der Waals surface area (Å²) in [5.41, 5.74) is 4.99. The summed E-state index contributed by atoms with van der Waals surface area (Å²) < 4.78 is 0. The highest BCUT2D eigenvalue weighted by Crippen LogP contribution is 2.20. The molecule has 0 fully saturated rings. The number of amides is 2. The van der Waals surface area contributed by atoms with Crippen molar-refractivity contribution in [1.82, 2.24) is 15.4 Å². The van der Waals surface area contributed by atoms with Gasteiger partial charge < -0.3 is 5.32 Å². The second-order valence-corrected chi connectivity index (χ2v) is 6.03. The molecule has 0 aliphatic heterocycles. The smallest absolute Gasteiger partial charge is 0.291 e. The van der Waals surface area contributed by atoms with Gasteiger partial charge in [0.15, 0.2) is 0 Å². The van der Waals surface area contributed by atoms with Gasteiger partial charge in [-0.1, -0.05) is 26.0 Å². The molecule has 2 N–H and O–H groups in total. The first-order chi connectivity index (χ1) is 12.5. The summed E-state index contributed by atoms with van der Waals surface area (Å²) in [7, 11) is 0. The highest BCUT2D eigenvalue weighted by atomic mass is 16.2. The molecule has 1 aromatic heterocycles. The standard InChI is InChI=1S/C19H23N5O2/c1-4-13(2)15-5-7-16(8-6-15)22-18(25)11-14(3)23-24-19(26)17-12-20-9-10-21-17/h5-10,12-13H,4,11H2,1-3H3,(H,22,25)(H,24,26)/b23-14-/t13-/m0/s1. The molecule has 0 aliphatic carbocycles. The van der Waals surface area contributed by atoms with Crippen molar-refractivity contribution < 1.29 is 9.59 Å². The Kier molecular flexibility index (Phi) is 6.96. The maximum atomic E-state index is 12.1. The van der Waals surface area contributed by atoms with Crippen molar-refractivity contribution >= 4 is 23.2 Å². The van der Waals surface area contributed by atoms with Gasteiger partial charge in [-0.25, -0.2) is 10.4 Å². The number of anilines is 1. The number of nitrogens with one attached hydrogen (secondary N) is 2. The van der Waals surface area contributed by atoms with Gasteiger partial charge in [-0.05, 0) is 37.0 Å². The summed E-state index contributed by atoms with van der Waals surface area (Å²) in [6.45, 7) is 5.98. The summed E-state index contributed by atoms with van der Waals surface area (Å²) in [4.78, 5) is 31.6. The topological polar surface area (TPSA) is 96.3 Å². The van der Waals surface area contributed by atoms with Crippen molar-refractivity contribution in [3.63, 3.8) is 0 Å². The van der Waals surface area contributed by atoms with Gasteiger partial charge in [0, 0.05) is 23.8 Å². The van der Waals surface area contributed by atoms with Crippen LogP contribution in [0.3, 0.4) is 0 Å². The van der Waals surface area contributed by atoms with E-state index in [9.17, 15) is 9.59 Å². The van der Waals surface area contributed by atoms with Crippen molar-refractivity contribution in [2.45, 2.75) is 39.5 Å². The predicted molar refractivity (Wildman–Crippen MR) is 101 cm³/mol. The number of nitrogens with zero attached hydrogens (tertiary/aromatic N) is 3. The molecule has 2 amide bonds. The summed E-state index contributed by atoms with van der Waals surface area (Å²) in [6.07, 6.45) is 5.39. The fourth-order valence-corrected chi connectivity index (χ4v) is 2.23. The maximum Gasteiger partial charge on any atom is 0.291 e. The molecule has 0 radical (unpaired) electrons. The van der Waals surface area contributed by atoms with E-state index >= 15 is 0 Å². The van der Waals surface area contributed by atoms with E-state index < -0.39 is 5.91 Å². The van der Waals surface area contributed by atoms with E-state index in [1.165, 1.54) is 24.2 Å². The second kappa shape index (κ2) is 9.41. The number of hydrogen-bond acceptors (Lipinski definition) is 5. The quantitative estimate of drug-likeness (QED) is 0.590. The van der Waals surface area contributed by atoms with Crippen molar-refractivity contribution in [1.29, 1.82) is 0 Å². The average Bonchev–Trinajstić information content (AvgIpc) is 2.66. The molecule has 0 aliphatic rings. The second-order valence-electron chi connectivity index (χ2n) is 6.03. The monoisotopic (exact) mass is 353 g/mol. The van der Waals surface area contributed by atoms with Crippen LogP contribution in [0.15, 0.2) is 48.0 Å². The molecule has 26 heavy (non-hydrogen) atoms. The lowest BCUT2D eigenvalue weighted by Gasteiger charge is -2.10. The van der Waals surface area contributed by atoms with Crippen LogP contribution in [-0.2, 0) is 4.79 Å². The van der Waals surface area contributed by atoms with Gasteiger partial charge in [-0.3, -0.25) is 14.6 Å². The van der Waals surface area contributed by atoms with E-state index in [-0.39, 0.29) is 18.0 Å². The number of rotatable bonds is 7. The molecule has 1 heterocycles. The van der Waals surface area contributed by atoms with Gasteiger partial charge >= 0.3 is 0 Å². The number of carbonyl (C=O) groups excluding carboxylic acids is 2. The molecule has 2 rings (SSSR count). The Hall–Kier alpha value is -3.09. The van der Waals surface area contributed by atoms with E-state index in [1.807, 2.05) is 24.3 Å². The van der Waals surface area contributed by atoms with Gasteiger partial charge in [0.1, 0.15) is 5.69 Å². The van der Waals surface area contributed by atoms with Crippen LogP contribution >= 0.6 is 0 Å². The van der Waals surface area contributed by atoms with Gasteiger partial charge in [-0.15, -0.1) is 0 Å². The van der Waals surface area contributed by atoms with Crippen LogP contribution in [0.2, 0.25) is 0 Å². The van der Waals surface area contributed by atoms with E-state index in [2.05, 4.69) is 39.7 Å². The minimum Gasteiger partial charge on any atom is -0.326 e. The third kappa shape index (κ3) is 5.77. The van der Waals surface area contributed by atoms with Crippen molar-refractivity contribution in [3.8, 4) is 0 Å². The number of carbonyl (C=O) groups is 2. The minimum absolute atomic E-state index is 0.0772. The third-order valence-electron chi connectivity index (χ3n) is 3.94. The molecule has 0 bridgehead atoms. The molecule has 7 nitrogen and oxygen atoms in total. The number of benzene rings is 1. The van der Waals surface area contributed by atoms with E-state index in [0.29, 0.717) is 11.6 Å². The molecule has 2 aromatic rings. The summed E-state index contributed by atoms with van der Waals surface area (Å²) in [5.74, 6) is -0.179. The van der Waals surface area contributed by atoms with Crippen molar-refractivity contribution in [2.24, 2.45) is 5.10 Å². The number of aromatic nitrogens is 2. The zero-order chi connectivity index (χ0) is 18.9. The molecular weight excluding hydrogens is 330 g/mol. The lowest BCUT2D eigenvalue weighted by atomic mass is 9.99. The molecule has 7 heteroatoms. The summed E-state index contributed by atoms with van der Waals surface area (Å²) >= 11 is 0. The van der Waals surface area contributed by atoms with E-state index in [4.69, 9.17) is 0 Å². The zero-order valence-electron chi connectivity index (χ0n) is 15.2. The van der Waals surface area contributed by atoms with E-state index in [1.54, 1.807) is 6.92 Å². The summed E-state index contributed by atoms with van der Waals surface area (Å²) in [6, 6.07) is 7.82. The first-order valence-electron chi connectivity index (χ1n) is 8.49. The van der Waals surface area contributed by atoms with Crippen LogP contribution in [0, 0.1) is 0 Å². The van der Waals surface area contributed by atoms with Gasteiger partial charge in [0.2, 0.25) is 5.91 Å². The summed E-state index contributed by atoms with van der Waals surface area (Å²) in [5, 5.41) is 6.74. The van der Waals surface area contributed by atoms with Gasteiger partial charge in [0.05, 0.1) is 12.6 Å². The third-order valence-corrected chi connectivity index (χ3v) is 3.94. The fraction of sp³-hybridized carbons (Fsp3) is 0.316. The Morgan fingerprint density at radius 3 is 2.54 bits per heavy atom. The van der Waals surface area contributed by atoms with Crippen molar-refractivity contribution in [2.75, 3.05) is 5.32 Å². The molecular formula is C19H23N5O2. The number of hydrazone groups is 1. The molecule has 1 aromatic carbocycles. The molecule has 1 atom stereocenters. The SMILES string of the molecule is CC[C@H](C)c1ccc(NC(=O)C/C(C)=N\NC(=O)c2cnccn2)cc1. The van der Waals surface area contributed by atoms with Crippen LogP contribution in [-0.4, -0.2) is 27.5 Å². The van der Waals surface area contributed by atoms with Crippen LogP contribution in [0.1, 0.15) is 55.6 Å². The minimum atomic E-state index is -0.474. The Morgan fingerprint density at radius 2 is 1.92 bits per heavy atom. The zero-order valence-corrected chi connectivity index (χ0v) is 15.2. The van der Waals surface area contributed by atoms with Crippen LogP contribution in [0.4, 0.5) is 5.69 Å². The highest BCUT2D eigenvalue weighted by Gasteiger charge is 2.08. The van der Waals surface area contributed by atoms with E-state index in [0.717, 1.165) is 12.1 Å². The van der Waals surface area contributed by atoms with Crippen LogP contribution in [0.5, 0.6) is 0 Å². The van der Waals surface area contributed by atoms with Crippen LogP contribution in [0.25, 0.3) is 0 Å². The Balaban J connectivity index is 1.85. The first-order valence-corrected chi connectivity index (χ1v) is 8.49. The highest BCUT2D eigenvalue weighted by molar-refractivity contribution is 6.06. The van der Waals surface area contributed by atoms with Crippen molar-refractivity contribution in [3.05, 3.63) is 54.1 Å². The number of hydrogen-bond donors (Lipinski definition) is 2. The Bertz CT molecular complexity index is 772. The predicted octanol–water partition coefficient (Wildman–Crippen LogP) is 3.12. The largest absolute Gasteiger partial charge is 0.326 e. The molecule has 0 spiro atoms. The van der Waals surface area contributed by atoms with Crippen LogP contribution < -0.4 is 10.7 Å². The molecule has 0 saturated carbocycles. The normalized spacial score (nSPS) is 12.3. The van der Waals surface area contributed by atoms with Gasteiger partial charge in [0.25, 0.3) is 5.91 Å². The lowest BCUT2D eigenvalue weighted by molar-refractivity contribution is -0.115. The Labute approximate surface area is 153 Å². The average molecular weight is 353 g/mol. The first kappa shape index (κ1) is 19.2. The molecule has 0 saturated heterocycles. The maximum absolute atomic E-state index is 12.1. The molecule has 136 valence electrons. The lowest BCUT2D eigenvalue weighted by Crippen LogP contribution is -2.22.